The maximum atomic E-state index is 13.5. The predicted octanol–water partition coefficient (Wildman–Crippen LogP) is 6.31. The van der Waals surface area contributed by atoms with Crippen molar-refractivity contribution in [3.63, 3.8) is 0 Å². The van der Waals surface area contributed by atoms with Crippen LogP contribution in [0.2, 0.25) is 0 Å². The van der Waals surface area contributed by atoms with Gasteiger partial charge in [0.15, 0.2) is 11.5 Å². The molecule has 3 aromatic rings. The van der Waals surface area contributed by atoms with Crippen LogP contribution >= 0.6 is 0 Å². The molecule has 1 N–H and O–H groups in total. The number of nitrogens with one attached hydrogen (secondary N) is 1. The number of anilines is 1. The molecule has 4 rings (SSSR count). The first-order valence-corrected chi connectivity index (χ1v) is 14.2. The number of amides is 2. The summed E-state index contributed by atoms with van der Waals surface area (Å²) in [6, 6.07) is 23.0. The number of hydrogen-bond donors (Lipinski definition) is 1. The van der Waals surface area contributed by atoms with Crippen LogP contribution in [0.1, 0.15) is 54.7 Å². The highest BCUT2D eigenvalue weighted by Crippen LogP contribution is 2.36. The second-order valence-electron chi connectivity index (χ2n) is 11.4. The molecule has 0 saturated carbocycles. The summed E-state index contributed by atoms with van der Waals surface area (Å²) >= 11 is 0. The number of nitrogens with zero attached hydrogens (tertiary/aromatic N) is 2. The Kier molecular flexibility index (Phi) is 9.78. The lowest BCUT2D eigenvalue weighted by molar-refractivity contribution is -0.117. The van der Waals surface area contributed by atoms with Crippen molar-refractivity contribution in [1.82, 2.24) is 10.2 Å². The van der Waals surface area contributed by atoms with Crippen LogP contribution in [-0.2, 0) is 11.3 Å². The van der Waals surface area contributed by atoms with Gasteiger partial charge in [-0.15, -0.1) is 0 Å². The number of hydrogen-bond acceptors (Lipinski definition) is 4. The summed E-state index contributed by atoms with van der Waals surface area (Å²) in [7, 11) is 0. The highest BCUT2D eigenvalue weighted by atomic mass is 16.5. The molecule has 0 radical (unpaired) electrons. The SMILES string of the molecule is Cc1cccc(CN2C(=O)/C(=C\c3ccc(C(=O)NCCN(CC(C)C)CC(C)C)cc3)Oc3ccccc32)c1. The summed E-state index contributed by atoms with van der Waals surface area (Å²) in [6.07, 6.45) is 1.74. The first-order chi connectivity index (χ1) is 19.2. The quantitative estimate of drug-likeness (QED) is 0.290. The largest absolute Gasteiger partial charge is 0.449 e. The Morgan fingerprint density at radius 3 is 2.33 bits per heavy atom. The lowest BCUT2D eigenvalue weighted by Gasteiger charge is -2.30. The summed E-state index contributed by atoms with van der Waals surface area (Å²) in [4.78, 5) is 30.5. The van der Waals surface area contributed by atoms with Crippen LogP contribution in [0.5, 0.6) is 5.75 Å². The van der Waals surface area contributed by atoms with E-state index in [0.717, 1.165) is 42.0 Å². The van der Waals surface area contributed by atoms with Crippen molar-refractivity contribution in [2.24, 2.45) is 11.8 Å². The number of benzene rings is 3. The fraction of sp³-hybridized carbons (Fsp3) is 0.353. The van der Waals surface area contributed by atoms with Gasteiger partial charge in [-0.05, 0) is 60.2 Å². The van der Waals surface area contributed by atoms with Crippen molar-refractivity contribution in [2.75, 3.05) is 31.1 Å². The van der Waals surface area contributed by atoms with Crippen LogP contribution in [0.4, 0.5) is 5.69 Å². The molecule has 0 saturated heterocycles. The minimum atomic E-state index is -0.200. The maximum absolute atomic E-state index is 13.5. The smallest absolute Gasteiger partial charge is 0.294 e. The molecule has 1 aliphatic heterocycles. The molecule has 6 heteroatoms. The van der Waals surface area contributed by atoms with Gasteiger partial charge in [0.1, 0.15) is 0 Å². The van der Waals surface area contributed by atoms with Gasteiger partial charge in [-0.1, -0.05) is 81.8 Å². The lowest BCUT2D eigenvalue weighted by Crippen LogP contribution is -2.38. The number of ether oxygens (including phenoxy) is 1. The maximum Gasteiger partial charge on any atom is 0.294 e. The standard InChI is InChI=1S/C34H41N3O3/c1-24(2)21-36(22-25(3)4)18-17-35-33(38)29-15-13-27(14-16-29)20-32-34(39)37(23-28-10-8-9-26(5)19-28)30-11-6-7-12-31(30)40-32/h6-16,19-20,24-25H,17-18,21-23H2,1-5H3,(H,35,38)/b32-20+. The third kappa shape index (κ3) is 7.82. The number of rotatable bonds is 11. The zero-order chi connectivity index (χ0) is 28.6. The molecule has 2 amide bonds. The van der Waals surface area contributed by atoms with Gasteiger partial charge in [0.25, 0.3) is 11.8 Å². The van der Waals surface area contributed by atoms with Crippen molar-refractivity contribution in [2.45, 2.75) is 41.2 Å². The molecule has 0 aromatic heterocycles. The Morgan fingerprint density at radius 1 is 0.950 bits per heavy atom. The Morgan fingerprint density at radius 2 is 1.65 bits per heavy atom. The van der Waals surface area contributed by atoms with Crippen LogP contribution in [0.25, 0.3) is 6.08 Å². The summed E-state index contributed by atoms with van der Waals surface area (Å²) in [5.74, 6) is 1.75. The van der Waals surface area contributed by atoms with Crippen LogP contribution in [0.15, 0.2) is 78.6 Å². The first kappa shape index (κ1) is 29.1. The van der Waals surface area contributed by atoms with Crippen molar-refractivity contribution in [1.29, 1.82) is 0 Å². The van der Waals surface area contributed by atoms with Gasteiger partial charge in [-0.2, -0.15) is 0 Å². The molecule has 0 atom stereocenters. The summed E-state index contributed by atoms with van der Waals surface area (Å²) < 4.78 is 6.03. The number of carbonyl (C=O) groups excluding carboxylic acids is 2. The van der Waals surface area contributed by atoms with E-state index >= 15 is 0 Å². The third-order valence-electron chi connectivity index (χ3n) is 6.69. The number of aryl methyl sites for hydroxylation is 1. The molecule has 0 aliphatic carbocycles. The Bertz CT molecular complexity index is 1330. The number of para-hydroxylation sites is 2. The average Bonchev–Trinajstić information content (AvgIpc) is 2.90. The van der Waals surface area contributed by atoms with E-state index < -0.39 is 0 Å². The Labute approximate surface area is 238 Å². The molecule has 210 valence electrons. The first-order valence-electron chi connectivity index (χ1n) is 14.2. The van der Waals surface area contributed by atoms with E-state index in [-0.39, 0.29) is 17.6 Å². The monoisotopic (exact) mass is 539 g/mol. The molecule has 1 heterocycles. The van der Waals surface area contributed by atoms with Crippen molar-refractivity contribution in [3.8, 4) is 5.75 Å². The van der Waals surface area contributed by atoms with E-state index in [1.54, 1.807) is 23.1 Å². The number of carbonyl (C=O) groups is 2. The van der Waals surface area contributed by atoms with Gasteiger partial charge in [-0.3, -0.25) is 14.5 Å². The summed E-state index contributed by atoms with van der Waals surface area (Å²) in [5, 5.41) is 3.05. The van der Waals surface area contributed by atoms with E-state index in [9.17, 15) is 9.59 Å². The second-order valence-corrected chi connectivity index (χ2v) is 11.4. The van der Waals surface area contributed by atoms with Crippen LogP contribution in [0, 0.1) is 18.8 Å². The molecule has 3 aromatic carbocycles. The molecule has 0 fully saturated rings. The molecule has 40 heavy (non-hydrogen) atoms. The lowest BCUT2D eigenvalue weighted by atomic mass is 10.1. The topological polar surface area (TPSA) is 61.9 Å². The van der Waals surface area contributed by atoms with Gasteiger partial charge in [0.2, 0.25) is 0 Å². The zero-order valence-corrected chi connectivity index (χ0v) is 24.3. The van der Waals surface area contributed by atoms with Crippen molar-refractivity contribution >= 4 is 23.6 Å². The molecule has 0 unspecified atom stereocenters. The van der Waals surface area contributed by atoms with Crippen molar-refractivity contribution in [3.05, 3.63) is 101 Å². The molecule has 6 nitrogen and oxygen atoms in total. The van der Waals surface area contributed by atoms with Gasteiger partial charge in [0.05, 0.1) is 12.2 Å². The molecular formula is C34H41N3O3. The van der Waals surface area contributed by atoms with Gasteiger partial charge < -0.3 is 15.0 Å². The van der Waals surface area contributed by atoms with Gasteiger partial charge in [0, 0.05) is 31.7 Å². The predicted molar refractivity (Wildman–Crippen MR) is 162 cm³/mol. The van der Waals surface area contributed by atoms with E-state index in [4.69, 9.17) is 4.74 Å². The zero-order valence-electron chi connectivity index (χ0n) is 24.3. The van der Waals surface area contributed by atoms with Crippen LogP contribution < -0.4 is 15.0 Å². The highest BCUT2D eigenvalue weighted by Gasteiger charge is 2.30. The van der Waals surface area contributed by atoms with E-state index in [1.165, 1.54) is 0 Å². The Balaban J connectivity index is 1.43. The third-order valence-corrected chi connectivity index (χ3v) is 6.69. The van der Waals surface area contributed by atoms with E-state index in [0.29, 0.717) is 36.2 Å². The second kappa shape index (κ2) is 13.4. The van der Waals surface area contributed by atoms with Gasteiger partial charge in [-0.25, -0.2) is 0 Å². The number of fused-ring (bicyclic) bond motifs is 1. The minimum Gasteiger partial charge on any atom is -0.449 e. The highest BCUT2D eigenvalue weighted by molar-refractivity contribution is 6.09. The summed E-state index contributed by atoms with van der Waals surface area (Å²) in [5.41, 5.74) is 4.32. The normalized spacial score (nSPS) is 14.2. The van der Waals surface area contributed by atoms with Crippen molar-refractivity contribution < 1.29 is 14.3 Å². The minimum absolute atomic E-state index is 0.100. The van der Waals surface area contributed by atoms with E-state index in [2.05, 4.69) is 44.0 Å². The van der Waals surface area contributed by atoms with Crippen LogP contribution in [-0.4, -0.2) is 42.9 Å². The average molecular weight is 540 g/mol. The Hall–Kier alpha value is -3.90. The fourth-order valence-corrected chi connectivity index (χ4v) is 5.01. The molecule has 0 spiro atoms. The molecule has 1 aliphatic rings. The van der Waals surface area contributed by atoms with Gasteiger partial charge >= 0.3 is 0 Å². The van der Waals surface area contributed by atoms with E-state index in [1.807, 2.05) is 61.5 Å². The molecule has 0 bridgehead atoms. The van der Waals surface area contributed by atoms with Crippen LogP contribution in [0.3, 0.4) is 0 Å². The molecular weight excluding hydrogens is 498 g/mol. The fourth-order valence-electron chi connectivity index (χ4n) is 5.01. The summed E-state index contributed by atoms with van der Waals surface area (Å²) in [6.45, 7) is 14.8.